The second-order valence-electron chi connectivity index (χ2n) is 6.40. The highest BCUT2D eigenvalue weighted by Crippen LogP contribution is 2.34. The van der Waals surface area contributed by atoms with E-state index in [-0.39, 0.29) is 18.3 Å². The fraction of sp³-hybridized carbons (Fsp3) is 0.500. The quantitative estimate of drug-likeness (QED) is 0.388. The van der Waals surface area contributed by atoms with Gasteiger partial charge >= 0.3 is 5.97 Å². The first-order valence-corrected chi connectivity index (χ1v) is 10.2. The number of nitriles is 1. The average Bonchev–Trinajstić information content (AvgIpc) is 2.80. The van der Waals surface area contributed by atoms with Crippen LogP contribution in [-0.4, -0.2) is 51.8 Å². The number of thioether (sulfide) groups is 1. The van der Waals surface area contributed by atoms with Crippen molar-refractivity contribution in [3.63, 3.8) is 0 Å². The number of pyridine rings is 1. The molecular weight excluding hydrogens is 384 g/mol. The molecule has 7 nitrogen and oxygen atoms in total. The van der Waals surface area contributed by atoms with Crippen molar-refractivity contribution in [1.29, 1.82) is 5.26 Å². The molecule has 0 N–H and O–H groups in total. The average molecular weight is 407 g/mol. The lowest BCUT2D eigenvalue weighted by atomic mass is 10.0. The number of hydrogen-bond donors (Lipinski definition) is 0. The van der Waals surface area contributed by atoms with Crippen molar-refractivity contribution < 1.29 is 14.3 Å². The second kappa shape index (κ2) is 8.67. The Morgan fingerprint density at radius 3 is 2.78 bits per heavy atom. The number of carbonyl (C=O) groups is 2. The first kappa shape index (κ1) is 21.1. The number of rotatable bonds is 7. The molecule has 0 aliphatic carbocycles. The van der Waals surface area contributed by atoms with Crippen LogP contribution in [0.1, 0.15) is 39.3 Å². The number of ether oxygens (including phenoxy) is 1. The maximum absolute atomic E-state index is 13.0. The summed E-state index contributed by atoms with van der Waals surface area (Å²) in [5.41, 5.74) is 0.0165. The SMILES string of the molecule is CCOC(=O)CCCN1C(=S)N(c2cnc(C#N)c(SC)c2)C(=O)C1(C)C. The molecule has 1 saturated heterocycles. The Labute approximate surface area is 168 Å². The zero-order valence-electron chi connectivity index (χ0n) is 15.8. The van der Waals surface area contributed by atoms with E-state index >= 15 is 0 Å². The van der Waals surface area contributed by atoms with Gasteiger partial charge in [-0.3, -0.25) is 14.5 Å². The van der Waals surface area contributed by atoms with Gasteiger partial charge in [0.1, 0.15) is 11.6 Å². The maximum atomic E-state index is 13.0. The highest BCUT2D eigenvalue weighted by atomic mass is 32.2. The van der Waals surface area contributed by atoms with Crippen LogP contribution in [0, 0.1) is 11.3 Å². The molecule has 144 valence electrons. The van der Waals surface area contributed by atoms with Crippen molar-refractivity contribution >= 4 is 46.7 Å². The van der Waals surface area contributed by atoms with E-state index in [4.69, 9.17) is 22.2 Å². The van der Waals surface area contributed by atoms with Crippen LogP contribution in [0.4, 0.5) is 5.69 Å². The van der Waals surface area contributed by atoms with Gasteiger partial charge in [-0.2, -0.15) is 5.26 Å². The van der Waals surface area contributed by atoms with Crippen LogP contribution >= 0.6 is 24.0 Å². The molecule has 1 fully saturated rings. The topological polar surface area (TPSA) is 86.5 Å². The number of aromatic nitrogens is 1. The molecule has 0 saturated carbocycles. The summed E-state index contributed by atoms with van der Waals surface area (Å²) in [5, 5.41) is 9.50. The minimum atomic E-state index is -0.834. The summed E-state index contributed by atoms with van der Waals surface area (Å²) in [6.07, 6.45) is 4.13. The van der Waals surface area contributed by atoms with Crippen molar-refractivity contribution in [2.45, 2.75) is 44.0 Å². The third-order valence-electron chi connectivity index (χ3n) is 4.31. The van der Waals surface area contributed by atoms with Gasteiger partial charge in [-0.05, 0) is 51.7 Å². The van der Waals surface area contributed by atoms with Crippen LogP contribution in [-0.2, 0) is 14.3 Å². The predicted molar refractivity (Wildman–Crippen MR) is 107 cm³/mol. The van der Waals surface area contributed by atoms with Gasteiger partial charge in [0.25, 0.3) is 5.91 Å². The molecule has 0 atom stereocenters. The fourth-order valence-electron chi connectivity index (χ4n) is 2.85. The smallest absolute Gasteiger partial charge is 0.305 e. The number of amides is 1. The van der Waals surface area contributed by atoms with Gasteiger partial charge in [-0.15, -0.1) is 11.8 Å². The molecule has 2 rings (SSSR count). The highest BCUT2D eigenvalue weighted by Gasteiger charge is 2.49. The largest absolute Gasteiger partial charge is 0.466 e. The van der Waals surface area contributed by atoms with E-state index in [1.54, 1.807) is 26.8 Å². The van der Waals surface area contributed by atoms with Crippen molar-refractivity contribution in [2.24, 2.45) is 0 Å². The van der Waals surface area contributed by atoms with Gasteiger partial charge in [-0.25, -0.2) is 4.98 Å². The zero-order chi connectivity index (χ0) is 20.2. The Bertz CT molecular complexity index is 804. The molecule has 27 heavy (non-hydrogen) atoms. The minimum Gasteiger partial charge on any atom is -0.466 e. The summed E-state index contributed by atoms with van der Waals surface area (Å²) >= 11 is 6.94. The molecule has 1 amide bonds. The van der Waals surface area contributed by atoms with Crippen LogP contribution in [0.15, 0.2) is 17.2 Å². The van der Waals surface area contributed by atoms with Gasteiger partial charge < -0.3 is 9.64 Å². The Kier molecular flexibility index (Phi) is 6.78. The van der Waals surface area contributed by atoms with Crippen LogP contribution in [0.25, 0.3) is 0 Å². The lowest BCUT2D eigenvalue weighted by molar-refractivity contribution is -0.143. The Morgan fingerprint density at radius 1 is 1.48 bits per heavy atom. The molecule has 1 aromatic rings. The third-order valence-corrected chi connectivity index (χ3v) is 5.47. The monoisotopic (exact) mass is 406 g/mol. The lowest BCUT2D eigenvalue weighted by Crippen LogP contribution is -2.44. The maximum Gasteiger partial charge on any atom is 0.305 e. The molecule has 0 radical (unpaired) electrons. The van der Waals surface area contributed by atoms with Crippen molar-refractivity contribution in [1.82, 2.24) is 9.88 Å². The molecule has 0 spiro atoms. The summed E-state index contributed by atoms with van der Waals surface area (Å²) in [4.78, 5) is 32.7. The highest BCUT2D eigenvalue weighted by molar-refractivity contribution is 7.98. The standard InChI is InChI=1S/C18H22N4O3S2/c1-5-25-15(23)7-6-8-21-17(26)22(16(24)18(21,2)3)12-9-14(27-4)13(10-19)20-11-12/h9,11H,5-8H2,1-4H3. The van der Waals surface area contributed by atoms with E-state index in [2.05, 4.69) is 4.98 Å². The Morgan fingerprint density at radius 2 is 2.19 bits per heavy atom. The number of nitrogens with zero attached hydrogens (tertiary/aromatic N) is 4. The minimum absolute atomic E-state index is 0.165. The van der Waals surface area contributed by atoms with Crippen molar-refractivity contribution in [3.05, 3.63) is 18.0 Å². The molecule has 1 aromatic heterocycles. The molecule has 0 aromatic carbocycles. The Hall–Kier alpha value is -2.18. The van der Waals surface area contributed by atoms with Crippen LogP contribution < -0.4 is 4.90 Å². The van der Waals surface area contributed by atoms with Crippen molar-refractivity contribution in [2.75, 3.05) is 24.3 Å². The van der Waals surface area contributed by atoms with Gasteiger partial charge in [0.05, 0.1) is 18.5 Å². The van der Waals surface area contributed by atoms with Gasteiger partial charge in [-0.1, -0.05) is 0 Å². The summed E-state index contributed by atoms with van der Waals surface area (Å²) in [6, 6.07) is 3.79. The Balaban J connectivity index is 2.23. The predicted octanol–water partition coefficient (Wildman–Crippen LogP) is 2.73. The molecule has 1 aliphatic rings. The van der Waals surface area contributed by atoms with Crippen molar-refractivity contribution in [3.8, 4) is 6.07 Å². The molecule has 0 bridgehead atoms. The van der Waals surface area contributed by atoms with E-state index in [1.165, 1.54) is 22.9 Å². The molecule has 0 unspecified atom stereocenters. The number of esters is 1. The molecule has 1 aliphatic heterocycles. The number of anilines is 1. The van der Waals surface area contributed by atoms with Crippen LogP contribution in [0.5, 0.6) is 0 Å². The number of carbonyl (C=O) groups excluding carboxylic acids is 2. The molecule has 2 heterocycles. The van der Waals surface area contributed by atoms with E-state index in [0.717, 1.165) is 0 Å². The van der Waals surface area contributed by atoms with Crippen LogP contribution in [0.3, 0.4) is 0 Å². The number of hydrogen-bond acceptors (Lipinski definition) is 7. The van der Waals surface area contributed by atoms with Crippen LogP contribution in [0.2, 0.25) is 0 Å². The zero-order valence-corrected chi connectivity index (χ0v) is 17.4. The van der Waals surface area contributed by atoms with E-state index in [1.807, 2.05) is 17.2 Å². The summed E-state index contributed by atoms with van der Waals surface area (Å²) in [6.45, 7) is 6.19. The fourth-order valence-corrected chi connectivity index (χ4v) is 3.89. The second-order valence-corrected chi connectivity index (χ2v) is 7.61. The van der Waals surface area contributed by atoms with E-state index in [0.29, 0.717) is 41.0 Å². The number of thiocarbonyl (C=S) groups is 1. The lowest BCUT2D eigenvalue weighted by Gasteiger charge is -2.29. The normalized spacial score (nSPS) is 15.8. The molecule has 9 heteroatoms. The summed E-state index contributed by atoms with van der Waals surface area (Å²) in [7, 11) is 0. The van der Waals surface area contributed by atoms with Gasteiger partial charge in [0, 0.05) is 17.9 Å². The summed E-state index contributed by atoms with van der Waals surface area (Å²) in [5.74, 6) is -0.424. The van der Waals surface area contributed by atoms with E-state index < -0.39 is 5.54 Å². The van der Waals surface area contributed by atoms with E-state index in [9.17, 15) is 9.59 Å². The third kappa shape index (κ3) is 4.22. The summed E-state index contributed by atoms with van der Waals surface area (Å²) < 4.78 is 4.94. The molecular formula is C18H22N4O3S2. The van der Waals surface area contributed by atoms with Gasteiger partial charge in [0.2, 0.25) is 0 Å². The first-order chi connectivity index (χ1) is 12.8. The van der Waals surface area contributed by atoms with Gasteiger partial charge in [0.15, 0.2) is 10.8 Å². The first-order valence-electron chi connectivity index (χ1n) is 8.53.